The van der Waals surface area contributed by atoms with Gasteiger partial charge in [-0.3, -0.25) is 9.59 Å². The van der Waals surface area contributed by atoms with E-state index in [0.717, 1.165) is 6.20 Å². The number of halogens is 4. The summed E-state index contributed by atoms with van der Waals surface area (Å²) < 4.78 is 49.8. The third-order valence-corrected chi connectivity index (χ3v) is 5.60. The van der Waals surface area contributed by atoms with Gasteiger partial charge in [-0.25, -0.2) is 4.68 Å². The Morgan fingerprint density at radius 3 is 2.69 bits per heavy atom. The maximum absolute atomic E-state index is 14.2. The molecule has 0 aliphatic heterocycles. The van der Waals surface area contributed by atoms with Gasteiger partial charge in [0.15, 0.2) is 5.69 Å². The Bertz CT molecular complexity index is 1670. The molecule has 13 heteroatoms. The quantitative estimate of drug-likeness (QED) is 0.381. The van der Waals surface area contributed by atoms with Gasteiger partial charge in [0.2, 0.25) is 5.88 Å². The minimum absolute atomic E-state index is 0.00546. The van der Waals surface area contributed by atoms with E-state index in [1.54, 1.807) is 0 Å². The van der Waals surface area contributed by atoms with Gasteiger partial charge in [0.1, 0.15) is 0 Å². The average molecular weight is 503 g/mol. The largest absolute Gasteiger partial charge is 0.481 e. The smallest absolute Gasteiger partial charge is 0.434 e. The maximum Gasteiger partial charge on any atom is 0.434 e. The number of carbonyl (C=O) groups excluding carboxylic acids is 1. The lowest BCUT2D eigenvalue weighted by atomic mass is 10.1. The Hall–Kier alpha value is -4.32. The van der Waals surface area contributed by atoms with Crippen molar-refractivity contribution in [3.8, 4) is 11.6 Å². The van der Waals surface area contributed by atoms with E-state index in [-0.39, 0.29) is 33.0 Å². The highest BCUT2D eigenvalue weighted by Crippen LogP contribution is 2.35. The lowest BCUT2D eigenvalue weighted by Gasteiger charge is -2.14. The SMILES string of the molecule is COc1cc(NC(=O)c2cnn(-c3cccc4c(=O)[nH]ccc34)c2C(F)(F)F)cc2c(Cl)cnn12. The summed E-state index contributed by atoms with van der Waals surface area (Å²) in [4.78, 5) is 27.6. The molecule has 0 saturated carbocycles. The summed E-state index contributed by atoms with van der Waals surface area (Å²) in [5.74, 6) is -0.846. The van der Waals surface area contributed by atoms with Gasteiger partial charge >= 0.3 is 6.18 Å². The summed E-state index contributed by atoms with van der Waals surface area (Å²) in [7, 11) is 1.37. The second-order valence-electron chi connectivity index (χ2n) is 7.39. The van der Waals surface area contributed by atoms with Gasteiger partial charge in [-0.15, -0.1) is 0 Å². The Labute approximate surface area is 198 Å². The minimum Gasteiger partial charge on any atom is -0.481 e. The number of anilines is 1. The van der Waals surface area contributed by atoms with Crippen LogP contribution in [-0.2, 0) is 6.18 Å². The number of carbonyl (C=O) groups is 1. The van der Waals surface area contributed by atoms with Gasteiger partial charge in [-0.1, -0.05) is 17.7 Å². The van der Waals surface area contributed by atoms with Crippen molar-refractivity contribution in [1.29, 1.82) is 0 Å². The molecule has 4 heterocycles. The third-order valence-electron chi connectivity index (χ3n) is 5.31. The second-order valence-corrected chi connectivity index (χ2v) is 7.80. The average Bonchev–Trinajstić information content (AvgIpc) is 3.43. The van der Waals surface area contributed by atoms with Gasteiger partial charge in [-0.05, 0) is 24.3 Å². The maximum atomic E-state index is 14.2. The summed E-state index contributed by atoms with van der Waals surface area (Å²) in [6.07, 6.45) is -1.43. The summed E-state index contributed by atoms with van der Waals surface area (Å²) in [6.45, 7) is 0. The van der Waals surface area contributed by atoms with Crippen molar-refractivity contribution in [3.05, 3.63) is 81.6 Å². The number of benzene rings is 1. The van der Waals surface area contributed by atoms with Crippen molar-refractivity contribution < 1.29 is 22.7 Å². The first-order chi connectivity index (χ1) is 16.7. The number of fused-ring (bicyclic) bond motifs is 2. The molecule has 1 amide bonds. The number of amides is 1. The van der Waals surface area contributed by atoms with Gasteiger partial charge in [0, 0.05) is 28.7 Å². The predicted octanol–water partition coefficient (Wildman–Crippen LogP) is 4.29. The van der Waals surface area contributed by atoms with Crippen LogP contribution in [0.1, 0.15) is 16.1 Å². The fraction of sp³-hybridized carbons (Fsp3) is 0.0909. The number of hydrogen-bond donors (Lipinski definition) is 2. The standard InChI is InChI=1S/C22H14ClF3N6O3/c1-35-18-8-11(7-17-15(23)10-29-31(17)18)30-21(34)14-9-28-32(19(14)22(24,25)26)16-4-2-3-13-12(16)5-6-27-20(13)33/h2-10H,1H3,(H,27,33)(H,30,34). The molecule has 1 aromatic carbocycles. The number of ether oxygens (including phenoxy) is 1. The number of rotatable bonds is 4. The fourth-order valence-corrected chi connectivity index (χ4v) is 3.98. The van der Waals surface area contributed by atoms with Crippen molar-refractivity contribution >= 4 is 39.5 Å². The normalized spacial score (nSPS) is 11.8. The first kappa shape index (κ1) is 22.5. The van der Waals surface area contributed by atoms with Crippen LogP contribution in [0.2, 0.25) is 5.02 Å². The molecule has 0 saturated heterocycles. The highest BCUT2D eigenvalue weighted by atomic mass is 35.5. The minimum atomic E-state index is -4.94. The van der Waals surface area contributed by atoms with Gasteiger partial charge in [-0.2, -0.15) is 27.9 Å². The van der Waals surface area contributed by atoms with Gasteiger partial charge in [0.25, 0.3) is 11.5 Å². The van der Waals surface area contributed by atoms with Crippen molar-refractivity contribution in [3.63, 3.8) is 0 Å². The second kappa shape index (κ2) is 8.17. The third kappa shape index (κ3) is 3.77. The topological polar surface area (TPSA) is 106 Å². The van der Waals surface area contributed by atoms with Gasteiger partial charge < -0.3 is 15.0 Å². The number of hydrogen-bond acceptors (Lipinski definition) is 5. The fourth-order valence-electron chi connectivity index (χ4n) is 3.80. The monoisotopic (exact) mass is 502 g/mol. The zero-order valence-electron chi connectivity index (χ0n) is 17.7. The van der Waals surface area contributed by atoms with Crippen LogP contribution in [0.3, 0.4) is 0 Å². The number of aromatic nitrogens is 5. The molecule has 5 rings (SSSR count). The molecule has 0 bridgehead atoms. The highest BCUT2D eigenvalue weighted by Gasteiger charge is 2.41. The molecule has 0 aliphatic carbocycles. The zero-order chi connectivity index (χ0) is 24.9. The number of alkyl halides is 3. The Morgan fingerprint density at radius 2 is 1.94 bits per heavy atom. The number of methoxy groups -OCH3 is 1. The summed E-state index contributed by atoms with van der Waals surface area (Å²) in [5, 5.41) is 11.0. The van der Waals surface area contributed by atoms with Crippen LogP contribution >= 0.6 is 11.6 Å². The van der Waals surface area contributed by atoms with E-state index in [1.165, 1.54) is 60.4 Å². The molecule has 9 nitrogen and oxygen atoms in total. The summed E-state index contributed by atoms with van der Waals surface area (Å²) in [6, 6.07) is 8.60. The van der Waals surface area contributed by atoms with E-state index in [2.05, 4.69) is 20.5 Å². The van der Waals surface area contributed by atoms with E-state index in [9.17, 15) is 22.8 Å². The lowest BCUT2D eigenvalue weighted by molar-refractivity contribution is -0.143. The van der Waals surface area contributed by atoms with Crippen molar-refractivity contribution in [1.82, 2.24) is 24.4 Å². The molecule has 178 valence electrons. The lowest BCUT2D eigenvalue weighted by Crippen LogP contribution is -2.21. The van der Waals surface area contributed by atoms with E-state index in [1.807, 2.05) is 0 Å². The number of pyridine rings is 2. The number of aromatic amines is 1. The molecule has 0 fully saturated rings. The summed E-state index contributed by atoms with van der Waals surface area (Å²) >= 11 is 6.10. The Kier molecular flexibility index (Phi) is 5.24. The van der Waals surface area contributed by atoms with Crippen LogP contribution in [0.15, 0.2) is 59.8 Å². The zero-order valence-corrected chi connectivity index (χ0v) is 18.5. The van der Waals surface area contributed by atoms with Crippen molar-refractivity contribution in [2.24, 2.45) is 0 Å². The van der Waals surface area contributed by atoms with Crippen LogP contribution in [0.5, 0.6) is 5.88 Å². The van der Waals surface area contributed by atoms with E-state index >= 15 is 0 Å². The summed E-state index contributed by atoms with van der Waals surface area (Å²) in [5.41, 5.74) is -1.95. The molecule has 5 aromatic rings. The Morgan fingerprint density at radius 1 is 1.14 bits per heavy atom. The molecule has 0 atom stereocenters. The highest BCUT2D eigenvalue weighted by molar-refractivity contribution is 6.33. The van der Waals surface area contributed by atoms with Crippen LogP contribution in [0, 0.1) is 0 Å². The first-order valence-electron chi connectivity index (χ1n) is 9.97. The van der Waals surface area contributed by atoms with E-state index < -0.39 is 28.9 Å². The molecular weight excluding hydrogens is 489 g/mol. The molecule has 35 heavy (non-hydrogen) atoms. The molecule has 0 unspecified atom stereocenters. The number of nitrogens with zero attached hydrogens (tertiary/aromatic N) is 4. The Balaban J connectivity index is 1.62. The van der Waals surface area contributed by atoms with Gasteiger partial charge in [0.05, 0.1) is 41.3 Å². The molecular formula is C22H14ClF3N6O3. The molecule has 0 spiro atoms. The van der Waals surface area contributed by atoms with Crippen molar-refractivity contribution in [2.75, 3.05) is 12.4 Å². The number of nitrogens with one attached hydrogen (secondary N) is 2. The predicted molar refractivity (Wildman–Crippen MR) is 121 cm³/mol. The van der Waals surface area contributed by atoms with Crippen LogP contribution in [0.4, 0.5) is 18.9 Å². The van der Waals surface area contributed by atoms with Crippen molar-refractivity contribution in [2.45, 2.75) is 6.18 Å². The van der Waals surface area contributed by atoms with Crippen LogP contribution in [0.25, 0.3) is 22.0 Å². The number of H-pyrrole nitrogens is 1. The molecule has 4 aromatic heterocycles. The molecule has 0 radical (unpaired) electrons. The molecule has 0 aliphatic rings. The van der Waals surface area contributed by atoms with Crippen LogP contribution in [-0.4, -0.2) is 37.4 Å². The van der Waals surface area contributed by atoms with Crippen LogP contribution < -0.4 is 15.6 Å². The molecule has 2 N–H and O–H groups in total. The first-order valence-corrected chi connectivity index (χ1v) is 10.4. The van der Waals surface area contributed by atoms with E-state index in [0.29, 0.717) is 10.2 Å². The van der Waals surface area contributed by atoms with E-state index in [4.69, 9.17) is 16.3 Å².